The molecule has 4 amide bonds. The van der Waals surface area contributed by atoms with Crippen molar-refractivity contribution in [1.29, 1.82) is 0 Å². The average molecular weight is 432 g/mol. The van der Waals surface area contributed by atoms with Gasteiger partial charge in [-0.3, -0.25) is 19.3 Å². The minimum absolute atomic E-state index is 0.00278. The number of hydrogen-bond donors (Lipinski definition) is 1. The van der Waals surface area contributed by atoms with E-state index < -0.39 is 41.7 Å². The molecule has 0 bridgehead atoms. The number of aliphatic hydroxyl groups is 1. The Kier molecular flexibility index (Phi) is 6.84. The molecule has 1 N–H and O–H groups in total. The van der Waals surface area contributed by atoms with Crippen LogP contribution in [0.15, 0.2) is 36.2 Å². The van der Waals surface area contributed by atoms with Crippen molar-refractivity contribution in [3.63, 3.8) is 0 Å². The third-order valence-corrected chi connectivity index (χ3v) is 5.28. The molecule has 0 aliphatic carbocycles. The van der Waals surface area contributed by atoms with Gasteiger partial charge in [0.25, 0.3) is 11.8 Å². The summed E-state index contributed by atoms with van der Waals surface area (Å²) in [5.41, 5.74) is 0.622. The summed E-state index contributed by atoms with van der Waals surface area (Å²) in [4.78, 5) is 51.5. The Labute approximate surface area is 179 Å². The van der Waals surface area contributed by atoms with Crippen molar-refractivity contribution in [2.75, 3.05) is 19.7 Å². The maximum absolute atomic E-state index is 14.5. The number of allylic oxidation sites excluding steroid dienone is 1. The summed E-state index contributed by atoms with van der Waals surface area (Å²) in [5.74, 6) is -3.92. The Morgan fingerprint density at radius 2 is 1.81 bits per heavy atom. The molecule has 9 heteroatoms. The lowest BCUT2D eigenvalue weighted by Gasteiger charge is -2.25. The fourth-order valence-corrected chi connectivity index (χ4v) is 3.73. The molecule has 1 saturated heterocycles. The van der Waals surface area contributed by atoms with E-state index in [1.807, 2.05) is 0 Å². The van der Waals surface area contributed by atoms with Gasteiger partial charge in [-0.2, -0.15) is 0 Å². The molecule has 1 aromatic carbocycles. The van der Waals surface area contributed by atoms with E-state index in [-0.39, 0.29) is 38.5 Å². The number of rotatable bonds is 8. The molecule has 0 saturated carbocycles. The summed E-state index contributed by atoms with van der Waals surface area (Å²) >= 11 is 0. The minimum Gasteiger partial charge on any atom is -0.447 e. The third kappa shape index (κ3) is 4.66. The Morgan fingerprint density at radius 1 is 1.19 bits per heavy atom. The van der Waals surface area contributed by atoms with Gasteiger partial charge in [0.2, 0.25) is 5.91 Å². The normalized spacial score (nSPS) is 18.5. The fourth-order valence-electron chi connectivity index (χ4n) is 3.73. The second-order valence-corrected chi connectivity index (χ2v) is 7.90. The number of hydrogen-bond acceptors (Lipinski definition) is 6. The van der Waals surface area contributed by atoms with Crippen molar-refractivity contribution in [2.45, 2.75) is 32.8 Å². The number of benzene rings is 1. The Hall–Kier alpha value is -3.07. The van der Waals surface area contributed by atoms with Crippen molar-refractivity contribution < 1.29 is 33.4 Å². The summed E-state index contributed by atoms with van der Waals surface area (Å²) < 4.78 is 19.2. The number of fused-ring (bicyclic) bond motifs is 1. The highest BCUT2D eigenvalue weighted by molar-refractivity contribution is 6.21. The van der Waals surface area contributed by atoms with Crippen LogP contribution in [0.4, 0.5) is 9.18 Å². The first-order valence-electron chi connectivity index (χ1n) is 10.2. The number of aliphatic hydroxyl groups excluding tert-OH is 1. The number of carbonyl (C=O) groups excluding carboxylic acids is 4. The van der Waals surface area contributed by atoms with Gasteiger partial charge in [0, 0.05) is 6.54 Å². The summed E-state index contributed by atoms with van der Waals surface area (Å²) in [6.45, 7) is 3.51. The summed E-state index contributed by atoms with van der Waals surface area (Å²) in [5, 5.41) is 10.5. The highest BCUT2D eigenvalue weighted by atomic mass is 19.1. The predicted octanol–water partition coefficient (Wildman–Crippen LogP) is 2.53. The Balaban J connectivity index is 1.72. The van der Waals surface area contributed by atoms with Gasteiger partial charge in [-0.05, 0) is 37.0 Å². The van der Waals surface area contributed by atoms with Gasteiger partial charge in [-0.1, -0.05) is 26.0 Å². The van der Waals surface area contributed by atoms with Crippen LogP contribution in [0, 0.1) is 11.8 Å². The number of amides is 4. The van der Waals surface area contributed by atoms with Gasteiger partial charge >= 0.3 is 6.09 Å². The van der Waals surface area contributed by atoms with E-state index >= 15 is 0 Å². The predicted molar refractivity (Wildman–Crippen MR) is 108 cm³/mol. The van der Waals surface area contributed by atoms with Crippen LogP contribution >= 0.6 is 0 Å². The quantitative estimate of drug-likeness (QED) is 0.633. The minimum atomic E-state index is -1.74. The molecular formula is C22H25FN2O6. The SMILES string of the molecule is CC(C)/C=C(\F)[C@H](O)[C@@H](CCCN1C(=O)c2ccccc2C1=O)C(=O)N1CCOC1=O. The second-order valence-electron chi connectivity index (χ2n) is 7.90. The third-order valence-electron chi connectivity index (χ3n) is 5.28. The lowest BCUT2D eigenvalue weighted by atomic mass is 9.93. The Morgan fingerprint density at radius 3 is 2.32 bits per heavy atom. The van der Waals surface area contributed by atoms with Gasteiger partial charge in [-0.25, -0.2) is 14.1 Å². The lowest BCUT2D eigenvalue weighted by molar-refractivity contribution is -0.135. The van der Waals surface area contributed by atoms with E-state index in [9.17, 15) is 28.7 Å². The van der Waals surface area contributed by atoms with Gasteiger partial charge in [0.05, 0.1) is 23.6 Å². The molecule has 1 aromatic rings. The van der Waals surface area contributed by atoms with Gasteiger partial charge in [0.1, 0.15) is 18.5 Å². The van der Waals surface area contributed by atoms with E-state index in [0.717, 1.165) is 9.80 Å². The zero-order valence-electron chi connectivity index (χ0n) is 17.4. The molecule has 2 aliphatic heterocycles. The summed E-state index contributed by atoms with van der Waals surface area (Å²) in [6.07, 6.45) is -1.26. The smallest absolute Gasteiger partial charge is 0.416 e. The van der Waals surface area contributed by atoms with Crippen molar-refractivity contribution in [1.82, 2.24) is 9.80 Å². The van der Waals surface area contributed by atoms with Gasteiger partial charge in [-0.15, -0.1) is 0 Å². The van der Waals surface area contributed by atoms with Crippen LogP contribution in [0.3, 0.4) is 0 Å². The number of halogens is 1. The summed E-state index contributed by atoms with van der Waals surface area (Å²) in [7, 11) is 0. The molecule has 166 valence electrons. The maximum atomic E-state index is 14.5. The molecule has 31 heavy (non-hydrogen) atoms. The van der Waals surface area contributed by atoms with Crippen LogP contribution in [0.1, 0.15) is 47.4 Å². The van der Waals surface area contributed by atoms with Crippen molar-refractivity contribution >= 4 is 23.8 Å². The largest absolute Gasteiger partial charge is 0.447 e. The maximum Gasteiger partial charge on any atom is 0.416 e. The molecule has 1 fully saturated rings. The van der Waals surface area contributed by atoms with E-state index in [2.05, 4.69) is 0 Å². The van der Waals surface area contributed by atoms with Crippen LogP contribution in [0.2, 0.25) is 0 Å². The zero-order valence-corrected chi connectivity index (χ0v) is 17.4. The highest BCUT2D eigenvalue weighted by Crippen LogP contribution is 2.27. The molecule has 2 atom stereocenters. The number of nitrogens with zero attached hydrogens (tertiary/aromatic N) is 2. The van der Waals surface area contributed by atoms with E-state index in [1.54, 1.807) is 38.1 Å². The number of carbonyl (C=O) groups is 4. The van der Waals surface area contributed by atoms with Crippen LogP contribution in [-0.4, -0.2) is 64.5 Å². The standard InChI is InChI=1S/C22H25FN2O6/c1-13(2)12-17(23)18(26)16(21(29)25-10-11-31-22(25)30)8-5-9-24-19(27)14-6-3-4-7-15(14)20(24)28/h3-4,6-7,12-13,16,18,26H,5,8-11H2,1-2H3/b17-12-/t16-,18-/m1/s1. The Bertz CT molecular complexity index is 893. The topological polar surface area (TPSA) is 104 Å². The average Bonchev–Trinajstić information content (AvgIpc) is 3.26. The van der Waals surface area contributed by atoms with Crippen LogP contribution in [0.5, 0.6) is 0 Å². The first kappa shape index (κ1) is 22.6. The molecule has 2 aliphatic rings. The van der Waals surface area contributed by atoms with Crippen molar-refractivity contribution in [3.8, 4) is 0 Å². The molecule has 0 aromatic heterocycles. The van der Waals surface area contributed by atoms with E-state index in [0.29, 0.717) is 11.1 Å². The number of ether oxygens (including phenoxy) is 1. The van der Waals surface area contributed by atoms with Crippen LogP contribution in [0.25, 0.3) is 0 Å². The molecule has 0 radical (unpaired) electrons. The molecule has 0 spiro atoms. The highest BCUT2D eigenvalue weighted by Gasteiger charge is 2.39. The van der Waals surface area contributed by atoms with Crippen molar-refractivity contribution in [2.24, 2.45) is 11.8 Å². The zero-order chi connectivity index (χ0) is 22.7. The molecular weight excluding hydrogens is 407 g/mol. The fraction of sp³-hybridized carbons (Fsp3) is 0.455. The van der Waals surface area contributed by atoms with Crippen molar-refractivity contribution in [3.05, 3.63) is 47.3 Å². The monoisotopic (exact) mass is 432 g/mol. The van der Waals surface area contributed by atoms with Crippen LogP contribution in [-0.2, 0) is 9.53 Å². The molecule has 8 nitrogen and oxygen atoms in total. The van der Waals surface area contributed by atoms with Gasteiger partial charge < -0.3 is 9.84 Å². The number of imide groups is 2. The first-order valence-corrected chi connectivity index (χ1v) is 10.2. The van der Waals surface area contributed by atoms with E-state index in [4.69, 9.17) is 4.74 Å². The molecule has 0 unspecified atom stereocenters. The van der Waals surface area contributed by atoms with Crippen LogP contribution < -0.4 is 0 Å². The first-order chi connectivity index (χ1) is 14.7. The second kappa shape index (κ2) is 9.38. The van der Waals surface area contributed by atoms with Gasteiger partial charge in [0.15, 0.2) is 0 Å². The summed E-state index contributed by atoms with van der Waals surface area (Å²) in [6, 6.07) is 6.46. The molecule has 3 rings (SSSR count). The number of cyclic esters (lactones) is 1. The van der Waals surface area contributed by atoms with E-state index in [1.165, 1.54) is 6.08 Å². The lowest BCUT2D eigenvalue weighted by Crippen LogP contribution is -2.42. The molecule has 2 heterocycles.